The third kappa shape index (κ3) is 2.68. The van der Waals surface area contributed by atoms with Crippen LogP contribution < -0.4 is 4.90 Å². The molecule has 0 saturated heterocycles. The summed E-state index contributed by atoms with van der Waals surface area (Å²) in [5.74, 6) is 1.03. The van der Waals surface area contributed by atoms with Crippen LogP contribution in [0.15, 0.2) is 18.6 Å². The quantitative estimate of drug-likeness (QED) is 0.770. The zero-order valence-corrected chi connectivity index (χ0v) is 10.4. The summed E-state index contributed by atoms with van der Waals surface area (Å²) in [6.07, 6.45) is 10.5. The smallest absolute Gasteiger partial charge is 0.147 e. The molecule has 1 aromatic rings. The van der Waals surface area contributed by atoms with Gasteiger partial charge in [-0.2, -0.15) is 0 Å². The topological polar surface area (TPSA) is 29.0 Å². The van der Waals surface area contributed by atoms with Crippen molar-refractivity contribution in [1.82, 2.24) is 9.97 Å². The van der Waals surface area contributed by atoms with Gasteiger partial charge >= 0.3 is 0 Å². The van der Waals surface area contributed by atoms with Crippen molar-refractivity contribution >= 4 is 21.7 Å². The first-order chi connectivity index (χ1) is 7.42. The van der Waals surface area contributed by atoms with Gasteiger partial charge in [0.2, 0.25) is 0 Å². The molecule has 0 N–H and O–H groups in total. The van der Waals surface area contributed by atoms with E-state index in [9.17, 15) is 0 Å². The van der Waals surface area contributed by atoms with Crippen LogP contribution in [0.5, 0.6) is 0 Å². The fraction of sp³-hybridized carbons (Fsp3) is 0.636. The predicted octanol–water partition coefficient (Wildman–Crippen LogP) is 2.62. The Kier molecular flexibility index (Phi) is 3.94. The highest BCUT2D eigenvalue weighted by Crippen LogP contribution is 2.28. The van der Waals surface area contributed by atoms with E-state index in [2.05, 4.69) is 30.8 Å². The Labute approximate surface area is 99.0 Å². The zero-order valence-electron chi connectivity index (χ0n) is 8.77. The molecule has 4 heteroatoms. The number of alkyl halides is 1. The van der Waals surface area contributed by atoms with Crippen molar-refractivity contribution in [3.63, 3.8) is 0 Å². The second-order valence-corrected chi connectivity index (χ2v) is 4.68. The van der Waals surface area contributed by atoms with Crippen molar-refractivity contribution in [2.24, 2.45) is 0 Å². The molecule has 1 saturated carbocycles. The molecule has 0 amide bonds. The van der Waals surface area contributed by atoms with Crippen LogP contribution in [0.2, 0.25) is 0 Å². The van der Waals surface area contributed by atoms with Crippen LogP contribution in [-0.2, 0) is 0 Å². The minimum atomic E-state index is 0.695. The van der Waals surface area contributed by atoms with Crippen molar-refractivity contribution in [2.45, 2.75) is 31.7 Å². The van der Waals surface area contributed by atoms with Crippen LogP contribution in [0.25, 0.3) is 0 Å². The zero-order chi connectivity index (χ0) is 10.5. The Hall–Kier alpha value is -0.640. The van der Waals surface area contributed by atoms with Crippen LogP contribution in [0, 0.1) is 0 Å². The number of anilines is 1. The van der Waals surface area contributed by atoms with Gasteiger partial charge in [0.25, 0.3) is 0 Å². The van der Waals surface area contributed by atoms with Crippen LogP contribution in [-0.4, -0.2) is 27.9 Å². The lowest BCUT2D eigenvalue weighted by Crippen LogP contribution is -2.41. The maximum atomic E-state index is 4.38. The molecular formula is C11H16BrN3. The van der Waals surface area contributed by atoms with E-state index in [1.54, 1.807) is 12.4 Å². The highest BCUT2D eigenvalue weighted by Gasteiger charge is 2.25. The fourth-order valence-corrected chi connectivity index (χ4v) is 2.10. The van der Waals surface area contributed by atoms with Gasteiger partial charge < -0.3 is 4.90 Å². The van der Waals surface area contributed by atoms with E-state index in [-0.39, 0.29) is 0 Å². The van der Waals surface area contributed by atoms with E-state index in [4.69, 9.17) is 0 Å². The average molecular weight is 270 g/mol. The van der Waals surface area contributed by atoms with Crippen molar-refractivity contribution < 1.29 is 0 Å². The average Bonchev–Trinajstić information content (AvgIpc) is 2.22. The third-order valence-corrected chi connectivity index (χ3v) is 3.45. The van der Waals surface area contributed by atoms with Gasteiger partial charge in [-0.15, -0.1) is 0 Å². The molecule has 1 aromatic heterocycles. The van der Waals surface area contributed by atoms with Gasteiger partial charge in [-0.1, -0.05) is 15.9 Å². The van der Waals surface area contributed by atoms with Crippen LogP contribution >= 0.6 is 15.9 Å². The summed E-state index contributed by atoms with van der Waals surface area (Å²) in [6, 6.07) is 0.695. The molecule has 0 bridgehead atoms. The highest BCUT2D eigenvalue weighted by atomic mass is 79.9. The van der Waals surface area contributed by atoms with Crippen LogP contribution in [0.1, 0.15) is 25.7 Å². The van der Waals surface area contributed by atoms with Gasteiger partial charge in [0.1, 0.15) is 5.82 Å². The van der Waals surface area contributed by atoms with Crippen molar-refractivity contribution in [3.8, 4) is 0 Å². The molecule has 15 heavy (non-hydrogen) atoms. The molecule has 1 heterocycles. The second kappa shape index (κ2) is 5.45. The van der Waals surface area contributed by atoms with Crippen LogP contribution in [0.4, 0.5) is 5.82 Å². The lowest BCUT2D eigenvalue weighted by molar-refractivity contribution is 0.384. The standard InChI is InChI=1S/C11H16BrN3/c12-5-2-8-15(10-3-1-4-10)11-9-13-6-7-14-11/h6-7,9-10H,1-5,8H2. The maximum absolute atomic E-state index is 4.38. The number of nitrogens with zero attached hydrogens (tertiary/aromatic N) is 3. The molecule has 1 aliphatic carbocycles. The Morgan fingerprint density at radius 3 is 2.80 bits per heavy atom. The minimum absolute atomic E-state index is 0.695. The molecule has 0 aromatic carbocycles. The molecule has 0 atom stereocenters. The summed E-state index contributed by atoms with van der Waals surface area (Å²) in [7, 11) is 0. The summed E-state index contributed by atoms with van der Waals surface area (Å²) in [4.78, 5) is 10.9. The first-order valence-electron chi connectivity index (χ1n) is 5.50. The highest BCUT2D eigenvalue weighted by molar-refractivity contribution is 9.09. The van der Waals surface area contributed by atoms with Crippen molar-refractivity contribution in [1.29, 1.82) is 0 Å². The molecule has 0 aliphatic heterocycles. The Morgan fingerprint density at radius 1 is 1.40 bits per heavy atom. The normalized spacial score (nSPS) is 16.1. The van der Waals surface area contributed by atoms with Gasteiger partial charge in [0.15, 0.2) is 0 Å². The fourth-order valence-electron chi connectivity index (χ4n) is 1.85. The molecule has 2 rings (SSSR count). The number of halogens is 1. The van der Waals surface area contributed by atoms with Gasteiger partial charge in [-0.3, -0.25) is 4.98 Å². The van der Waals surface area contributed by atoms with E-state index < -0.39 is 0 Å². The number of hydrogen-bond donors (Lipinski definition) is 0. The minimum Gasteiger partial charge on any atom is -0.352 e. The SMILES string of the molecule is BrCCCN(c1cnccn1)C1CCC1. The monoisotopic (exact) mass is 269 g/mol. The first kappa shape index (κ1) is 10.9. The summed E-state index contributed by atoms with van der Waals surface area (Å²) in [6.45, 7) is 1.08. The third-order valence-electron chi connectivity index (χ3n) is 2.89. The first-order valence-corrected chi connectivity index (χ1v) is 6.62. The largest absolute Gasteiger partial charge is 0.352 e. The van der Waals surface area contributed by atoms with Gasteiger partial charge in [0, 0.05) is 30.3 Å². The Morgan fingerprint density at radius 2 is 2.27 bits per heavy atom. The summed E-state index contributed by atoms with van der Waals surface area (Å²) in [5, 5.41) is 1.05. The molecular weight excluding hydrogens is 254 g/mol. The maximum Gasteiger partial charge on any atom is 0.147 e. The van der Waals surface area contributed by atoms with Gasteiger partial charge in [-0.25, -0.2) is 4.98 Å². The molecule has 0 unspecified atom stereocenters. The summed E-state index contributed by atoms with van der Waals surface area (Å²) < 4.78 is 0. The lowest BCUT2D eigenvalue weighted by Gasteiger charge is -2.38. The van der Waals surface area contributed by atoms with Gasteiger partial charge in [-0.05, 0) is 25.7 Å². The van der Waals surface area contributed by atoms with E-state index in [1.807, 2.05) is 6.20 Å². The Balaban J connectivity index is 2.04. The van der Waals surface area contributed by atoms with Crippen molar-refractivity contribution in [2.75, 3.05) is 16.8 Å². The lowest BCUT2D eigenvalue weighted by atomic mass is 9.91. The van der Waals surface area contributed by atoms with E-state index in [0.717, 1.165) is 24.1 Å². The van der Waals surface area contributed by atoms with E-state index >= 15 is 0 Å². The number of rotatable bonds is 5. The van der Waals surface area contributed by atoms with Gasteiger partial charge in [0.05, 0.1) is 6.20 Å². The Bertz CT molecular complexity index is 287. The molecule has 0 radical (unpaired) electrons. The second-order valence-electron chi connectivity index (χ2n) is 3.88. The number of hydrogen-bond acceptors (Lipinski definition) is 3. The predicted molar refractivity (Wildman–Crippen MR) is 65.4 cm³/mol. The van der Waals surface area contributed by atoms with E-state index in [1.165, 1.54) is 19.3 Å². The summed E-state index contributed by atoms with van der Waals surface area (Å²) in [5.41, 5.74) is 0. The molecule has 3 nitrogen and oxygen atoms in total. The number of aromatic nitrogens is 2. The summed E-state index contributed by atoms with van der Waals surface area (Å²) >= 11 is 3.48. The van der Waals surface area contributed by atoms with Crippen LogP contribution in [0.3, 0.4) is 0 Å². The molecule has 82 valence electrons. The molecule has 1 aliphatic rings. The van der Waals surface area contributed by atoms with E-state index in [0.29, 0.717) is 6.04 Å². The van der Waals surface area contributed by atoms with Crippen molar-refractivity contribution in [3.05, 3.63) is 18.6 Å². The molecule has 0 spiro atoms. The molecule has 1 fully saturated rings.